The van der Waals surface area contributed by atoms with E-state index >= 15 is 0 Å². The van der Waals surface area contributed by atoms with E-state index in [-0.39, 0.29) is 40.1 Å². The average molecular weight is 858 g/mol. The number of halogens is 3. The van der Waals surface area contributed by atoms with Gasteiger partial charge >= 0.3 is 6.03 Å². The zero-order valence-corrected chi connectivity index (χ0v) is 33.2. The van der Waals surface area contributed by atoms with Crippen molar-refractivity contribution in [1.82, 2.24) is 15.5 Å². The number of alkyl halides is 1. The molecule has 2 amide bonds. The van der Waals surface area contributed by atoms with Gasteiger partial charge in [-0.2, -0.15) is 0 Å². The third kappa shape index (κ3) is 10.4. The van der Waals surface area contributed by atoms with Crippen LogP contribution in [0.25, 0.3) is 0 Å². The molecule has 8 rings (SSSR count). The number of furan rings is 2. The first-order chi connectivity index (χ1) is 26.4. The average Bonchev–Trinajstić information content (AvgIpc) is 3.80. The van der Waals surface area contributed by atoms with Crippen molar-refractivity contribution in [1.29, 1.82) is 0 Å². The van der Waals surface area contributed by atoms with Gasteiger partial charge in [0.25, 0.3) is 0 Å². The second kappa shape index (κ2) is 18.6. The number of Topliss-reactive ketones (excluding diaryl/α,β-unsaturated/α-hetero) is 2. The summed E-state index contributed by atoms with van der Waals surface area (Å²) in [6.07, 6.45) is 6.39. The van der Waals surface area contributed by atoms with Crippen molar-refractivity contribution in [2.45, 2.75) is 78.3 Å². The highest BCUT2D eigenvalue weighted by Gasteiger charge is 2.42. The number of benzene rings is 2. The van der Waals surface area contributed by atoms with Crippen molar-refractivity contribution in [2.24, 2.45) is 16.6 Å². The summed E-state index contributed by atoms with van der Waals surface area (Å²) in [5.41, 5.74) is 8.38. The Morgan fingerprint density at radius 2 is 1.30 bits per heavy atom. The fraction of sp³-hybridized carbons (Fsp3) is 0.452. The van der Waals surface area contributed by atoms with Crippen LogP contribution in [-0.4, -0.2) is 53.6 Å². The molecule has 2 aliphatic heterocycles. The molecule has 0 bridgehead atoms. The van der Waals surface area contributed by atoms with Gasteiger partial charge in [0.2, 0.25) is 0 Å². The second-order valence-electron chi connectivity index (χ2n) is 14.8. The molecule has 2 spiro atoms. The van der Waals surface area contributed by atoms with Crippen LogP contribution < -0.4 is 16.4 Å². The van der Waals surface area contributed by atoms with E-state index in [0.717, 1.165) is 85.8 Å². The molecule has 12 heteroatoms. The smallest absolute Gasteiger partial charge is 0.317 e. The van der Waals surface area contributed by atoms with Gasteiger partial charge in [-0.05, 0) is 141 Å². The predicted octanol–water partition coefficient (Wildman–Crippen LogP) is 8.27. The predicted molar refractivity (Wildman–Crippen MR) is 213 cm³/mol. The summed E-state index contributed by atoms with van der Waals surface area (Å²) < 4.78 is 43.3. The largest absolute Gasteiger partial charge is 0.465 e. The summed E-state index contributed by atoms with van der Waals surface area (Å²) in [5, 5.41) is 6.22. The Labute approximate surface area is 331 Å². The van der Waals surface area contributed by atoms with Crippen molar-refractivity contribution in [2.75, 3.05) is 31.1 Å². The van der Waals surface area contributed by atoms with Crippen LogP contribution in [0.4, 0.5) is 13.6 Å². The lowest BCUT2D eigenvalue weighted by atomic mass is 9.66. The molecule has 0 atom stereocenters. The van der Waals surface area contributed by atoms with Gasteiger partial charge in [0, 0.05) is 38.4 Å². The third-order valence-electron chi connectivity index (χ3n) is 10.9. The number of ketones is 2. The van der Waals surface area contributed by atoms with Crippen LogP contribution in [0.5, 0.6) is 0 Å². The maximum Gasteiger partial charge on any atom is 0.317 e. The number of nitrogens with one attached hydrogen (secondary N) is 2. The standard InChI is InChI=1S/C21H23FN2O3.C14H16FNO.C6H9NO.CH3I/c1-14-2-5-17(27-14)13-23-20(26)24-8-6-21(7-9-24)11-15-3-4-16(22)10-18(15)19(25)12-21;15-11-2-1-10-8-14(3-5-16-6-4-14)9-13(17)12(10)7-11;1-5-2-3-6(4-7)8-5;1-2/h2-5,10H,6-9,11-13H2,1H3,(H,23,26);1-2,7,16H,3-6,8-9H2;2-3H,4,7H2,1H3;1H3/i;;;1D. The van der Waals surface area contributed by atoms with E-state index in [2.05, 4.69) is 10.6 Å². The highest BCUT2D eigenvalue weighted by Crippen LogP contribution is 2.44. The minimum Gasteiger partial charge on any atom is -0.465 e. The van der Waals surface area contributed by atoms with Gasteiger partial charge in [0.05, 0.1) is 13.1 Å². The van der Waals surface area contributed by atoms with Gasteiger partial charge in [-0.15, -0.1) is 0 Å². The van der Waals surface area contributed by atoms with Gasteiger partial charge in [0.1, 0.15) is 34.7 Å². The number of urea groups is 1. The topological polar surface area (TPSA) is 131 Å². The molecule has 2 aromatic heterocycles. The number of fused-ring (bicyclic) bond motifs is 2. The Hall–Kier alpha value is -3.88. The summed E-state index contributed by atoms with van der Waals surface area (Å²) in [6.45, 7) is 7.85. The molecule has 4 aromatic rings. The molecule has 290 valence electrons. The molecule has 0 saturated carbocycles. The maximum absolute atomic E-state index is 13.4. The van der Waals surface area contributed by atoms with Crippen LogP contribution in [0.15, 0.2) is 69.5 Å². The number of likely N-dealkylation sites (tertiary alicyclic amines) is 1. The van der Waals surface area contributed by atoms with Gasteiger partial charge < -0.3 is 30.1 Å². The number of aryl methyl sites for hydroxylation is 2. The van der Waals surface area contributed by atoms with Gasteiger partial charge in [-0.3, -0.25) is 9.59 Å². The SMILES string of the molecule is Cc1ccc(CN)o1.Cc1ccc(CNC(=O)N2CCC3(CC2)CC(=O)c2cc(F)ccc2C3)o1.O=C1CC2(CCNCC2)Cc2ccc(F)cc21.[2H]CI. The first-order valence-electron chi connectivity index (χ1n) is 19.1. The van der Waals surface area contributed by atoms with E-state index in [0.29, 0.717) is 55.1 Å². The fourth-order valence-corrected chi connectivity index (χ4v) is 8.03. The molecular weight excluding hydrogens is 805 g/mol. The number of piperidine rings is 2. The Bertz CT molecular complexity index is 1930. The molecule has 0 radical (unpaired) electrons. The zero-order valence-electron chi connectivity index (χ0n) is 32.1. The minimum atomic E-state index is -0.365. The molecule has 4 heterocycles. The molecule has 4 N–H and O–H groups in total. The Morgan fingerprint density at radius 3 is 1.74 bits per heavy atom. The quantitative estimate of drug-likeness (QED) is 0.140. The third-order valence-corrected chi connectivity index (χ3v) is 10.9. The highest BCUT2D eigenvalue weighted by molar-refractivity contribution is 14.1. The Balaban J connectivity index is 0.000000175. The monoisotopic (exact) mass is 857 g/mol. The number of hydrogen-bond acceptors (Lipinski definition) is 7. The Kier molecular flexibility index (Phi) is 13.7. The van der Waals surface area contributed by atoms with Gasteiger partial charge in [0.15, 0.2) is 11.6 Å². The number of hydrogen-bond donors (Lipinski definition) is 3. The van der Waals surface area contributed by atoms with Crippen LogP contribution >= 0.6 is 22.6 Å². The van der Waals surface area contributed by atoms with Crippen LogP contribution in [0.2, 0.25) is 0 Å². The van der Waals surface area contributed by atoms with Crippen LogP contribution in [0, 0.1) is 36.3 Å². The summed E-state index contributed by atoms with van der Waals surface area (Å²) in [7, 11) is 0. The lowest BCUT2D eigenvalue weighted by Crippen LogP contribution is -2.49. The molecule has 2 fully saturated rings. The second-order valence-corrected chi connectivity index (χ2v) is 14.8. The molecule has 9 nitrogen and oxygen atoms in total. The molecule has 2 aliphatic carbocycles. The molecular formula is C42H51F2IN4O5. The molecule has 54 heavy (non-hydrogen) atoms. The van der Waals surface area contributed by atoms with Gasteiger partial charge in [-0.25, -0.2) is 13.6 Å². The zero-order chi connectivity index (χ0) is 39.6. The van der Waals surface area contributed by atoms with E-state index in [1.54, 1.807) is 17.0 Å². The number of nitrogens with two attached hydrogens (primary N) is 1. The van der Waals surface area contributed by atoms with Crippen LogP contribution in [0.1, 0.15) is 94.8 Å². The van der Waals surface area contributed by atoms with E-state index < -0.39 is 0 Å². The summed E-state index contributed by atoms with van der Waals surface area (Å²) in [4.78, 5) is 39.3. The molecule has 2 aromatic carbocycles. The van der Waals surface area contributed by atoms with Crippen molar-refractivity contribution in [3.05, 3.63) is 118 Å². The number of rotatable bonds is 3. The number of carbonyl (C=O) groups is 3. The van der Waals surface area contributed by atoms with Gasteiger partial charge in [-0.1, -0.05) is 34.7 Å². The lowest BCUT2D eigenvalue weighted by Gasteiger charge is -2.44. The van der Waals surface area contributed by atoms with Crippen molar-refractivity contribution < 1.29 is 33.4 Å². The summed E-state index contributed by atoms with van der Waals surface area (Å²) in [5.74, 6) is 2.79. The van der Waals surface area contributed by atoms with E-state index in [1.165, 1.54) is 24.3 Å². The van der Waals surface area contributed by atoms with E-state index in [9.17, 15) is 23.2 Å². The van der Waals surface area contributed by atoms with Crippen LogP contribution in [-0.2, 0) is 25.9 Å². The molecule has 0 unspecified atom stereocenters. The van der Waals surface area contributed by atoms with Crippen molar-refractivity contribution in [3.63, 3.8) is 0 Å². The number of carbonyl (C=O) groups excluding carboxylic acids is 3. The number of nitrogens with zero attached hydrogens (tertiary/aromatic N) is 1. The summed E-state index contributed by atoms with van der Waals surface area (Å²) in [6, 6.07) is 16.6. The Morgan fingerprint density at radius 1 is 0.815 bits per heavy atom. The highest BCUT2D eigenvalue weighted by atomic mass is 127. The fourth-order valence-electron chi connectivity index (χ4n) is 8.03. The molecule has 4 aliphatic rings. The lowest BCUT2D eigenvalue weighted by molar-refractivity contribution is 0.0733. The van der Waals surface area contributed by atoms with E-state index in [1.807, 2.05) is 60.7 Å². The number of amides is 2. The first-order valence-corrected chi connectivity index (χ1v) is 19.9. The first kappa shape index (κ1) is 39.8. The maximum atomic E-state index is 13.4. The molecule has 2 saturated heterocycles. The van der Waals surface area contributed by atoms with Crippen molar-refractivity contribution in [3.8, 4) is 0 Å². The summed E-state index contributed by atoms with van der Waals surface area (Å²) >= 11 is 1.96. The van der Waals surface area contributed by atoms with E-state index in [4.69, 9.17) is 15.9 Å². The minimum absolute atomic E-state index is 0.0156. The normalized spacial score (nSPS) is 18.1. The van der Waals surface area contributed by atoms with Crippen LogP contribution in [0.3, 0.4) is 0 Å². The van der Waals surface area contributed by atoms with Crippen molar-refractivity contribution >= 4 is 40.2 Å².